The van der Waals surface area contributed by atoms with Crippen molar-refractivity contribution in [2.75, 3.05) is 6.54 Å². The Hall–Kier alpha value is -0.450. The van der Waals surface area contributed by atoms with Gasteiger partial charge >= 0.3 is 0 Å². The van der Waals surface area contributed by atoms with Gasteiger partial charge in [0.05, 0.1) is 10.1 Å². The van der Waals surface area contributed by atoms with E-state index >= 15 is 0 Å². The van der Waals surface area contributed by atoms with Gasteiger partial charge in [0.2, 0.25) is 0 Å². The summed E-state index contributed by atoms with van der Waals surface area (Å²) < 4.78 is 13.6. The first-order chi connectivity index (χ1) is 8.98. The Morgan fingerprint density at radius 1 is 1.53 bits per heavy atom. The number of hydrogen-bond acceptors (Lipinski definition) is 2. The molecule has 0 aliphatic heterocycles. The predicted molar refractivity (Wildman–Crippen MR) is 78.4 cm³/mol. The quantitative estimate of drug-likeness (QED) is 0.884. The number of halogens is 2. The van der Waals surface area contributed by atoms with Gasteiger partial charge in [0.1, 0.15) is 5.82 Å². The highest BCUT2D eigenvalue weighted by Gasteiger charge is 2.31. The molecule has 0 amide bonds. The number of benzene rings is 1. The molecule has 0 bridgehead atoms. The van der Waals surface area contributed by atoms with Crippen molar-refractivity contribution in [2.45, 2.75) is 44.8 Å². The maximum Gasteiger partial charge on any atom is 0.137 e. The molecule has 2 N–H and O–H groups in total. The molecule has 0 radical (unpaired) electrons. The summed E-state index contributed by atoms with van der Waals surface area (Å²) in [4.78, 5) is 0. The first-order valence-electron chi connectivity index (χ1n) is 6.85. The van der Waals surface area contributed by atoms with Gasteiger partial charge in [0.15, 0.2) is 0 Å². The van der Waals surface area contributed by atoms with Crippen LogP contribution in [0.4, 0.5) is 4.39 Å². The van der Waals surface area contributed by atoms with Gasteiger partial charge in [-0.25, -0.2) is 4.39 Å². The van der Waals surface area contributed by atoms with Crippen molar-refractivity contribution in [2.24, 2.45) is 5.92 Å². The summed E-state index contributed by atoms with van der Waals surface area (Å²) in [5.74, 6) is 0.351. The van der Waals surface area contributed by atoms with E-state index in [2.05, 4.69) is 28.2 Å². The number of aliphatic hydroxyl groups is 1. The molecule has 0 saturated heterocycles. The zero-order valence-electron chi connectivity index (χ0n) is 11.3. The Morgan fingerprint density at radius 2 is 2.32 bits per heavy atom. The molecule has 2 rings (SSSR count). The molecule has 1 aromatic rings. The summed E-state index contributed by atoms with van der Waals surface area (Å²) in [6.07, 6.45) is 4.05. The van der Waals surface area contributed by atoms with E-state index in [1.807, 2.05) is 0 Å². The van der Waals surface area contributed by atoms with E-state index in [1.165, 1.54) is 12.5 Å². The largest absolute Gasteiger partial charge is 0.389 e. The Morgan fingerprint density at radius 3 is 3.00 bits per heavy atom. The second-order valence-corrected chi connectivity index (χ2v) is 6.63. The molecule has 2 atom stereocenters. The summed E-state index contributed by atoms with van der Waals surface area (Å²) in [6.45, 7) is 3.45. The fraction of sp³-hybridized carbons (Fsp3) is 0.600. The Balaban J connectivity index is 1.84. The lowest BCUT2D eigenvalue weighted by Crippen LogP contribution is -2.43. The van der Waals surface area contributed by atoms with Crippen LogP contribution in [0.15, 0.2) is 22.7 Å². The van der Waals surface area contributed by atoms with Crippen LogP contribution in [0.2, 0.25) is 0 Å². The van der Waals surface area contributed by atoms with Crippen LogP contribution in [0.3, 0.4) is 0 Å². The highest BCUT2D eigenvalue weighted by Crippen LogP contribution is 2.31. The molecular formula is C15H21BrFNO. The van der Waals surface area contributed by atoms with Gasteiger partial charge in [-0.3, -0.25) is 0 Å². The summed E-state index contributed by atoms with van der Waals surface area (Å²) in [5.41, 5.74) is 0.440. The smallest absolute Gasteiger partial charge is 0.137 e. The van der Waals surface area contributed by atoms with Crippen LogP contribution in [-0.4, -0.2) is 17.3 Å². The molecule has 0 spiro atoms. The van der Waals surface area contributed by atoms with E-state index in [0.29, 0.717) is 23.5 Å². The minimum atomic E-state index is -0.574. The normalized spacial score (nSPS) is 27.5. The summed E-state index contributed by atoms with van der Waals surface area (Å²) in [5, 5.41) is 13.8. The monoisotopic (exact) mass is 329 g/mol. The van der Waals surface area contributed by atoms with Crippen LogP contribution in [0.25, 0.3) is 0 Å². The van der Waals surface area contributed by atoms with Crippen molar-refractivity contribution in [3.05, 3.63) is 34.1 Å². The van der Waals surface area contributed by atoms with Crippen molar-refractivity contribution < 1.29 is 9.50 Å². The standard InChI is InChI=1S/C15H21BrFNO/c1-11-3-2-6-15(19,8-11)10-18-9-12-4-5-14(17)13(16)7-12/h4-5,7,11,18-19H,2-3,6,8-10H2,1H3. The lowest BCUT2D eigenvalue weighted by molar-refractivity contribution is -0.0119. The molecule has 1 aliphatic rings. The molecular weight excluding hydrogens is 309 g/mol. The second kappa shape index (κ2) is 6.33. The third-order valence-electron chi connectivity index (χ3n) is 3.83. The molecule has 106 valence electrons. The average Bonchev–Trinajstić information content (AvgIpc) is 2.33. The Bertz CT molecular complexity index is 440. The van der Waals surface area contributed by atoms with Crippen LogP contribution in [0, 0.1) is 11.7 Å². The van der Waals surface area contributed by atoms with Gasteiger partial charge < -0.3 is 10.4 Å². The molecule has 0 heterocycles. The molecule has 2 nitrogen and oxygen atoms in total. The molecule has 1 aliphatic carbocycles. The zero-order valence-corrected chi connectivity index (χ0v) is 12.8. The van der Waals surface area contributed by atoms with Gasteiger partial charge in [0, 0.05) is 13.1 Å². The summed E-state index contributed by atoms with van der Waals surface area (Å²) in [7, 11) is 0. The third kappa shape index (κ3) is 4.26. The van der Waals surface area contributed by atoms with E-state index in [0.717, 1.165) is 24.8 Å². The SMILES string of the molecule is CC1CCCC(O)(CNCc2ccc(F)c(Br)c2)C1. The summed E-state index contributed by atoms with van der Waals surface area (Å²) >= 11 is 3.18. The van der Waals surface area contributed by atoms with E-state index in [-0.39, 0.29) is 5.82 Å². The van der Waals surface area contributed by atoms with Crippen molar-refractivity contribution in [3.8, 4) is 0 Å². The first-order valence-corrected chi connectivity index (χ1v) is 7.65. The van der Waals surface area contributed by atoms with Crippen molar-refractivity contribution >= 4 is 15.9 Å². The lowest BCUT2D eigenvalue weighted by atomic mass is 9.79. The van der Waals surface area contributed by atoms with Crippen LogP contribution in [0.5, 0.6) is 0 Å². The van der Waals surface area contributed by atoms with Crippen LogP contribution < -0.4 is 5.32 Å². The first kappa shape index (κ1) is 14.9. The van der Waals surface area contributed by atoms with Crippen molar-refractivity contribution in [1.29, 1.82) is 0 Å². The van der Waals surface area contributed by atoms with E-state index in [9.17, 15) is 9.50 Å². The maximum atomic E-state index is 13.1. The van der Waals surface area contributed by atoms with Gasteiger partial charge in [-0.05, 0) is 52.4 Å². The van der Waals surface area contributed by atoms with E-state index in [1.54, 1.807) is 12.1 Å². The second-order valence-electron chi connectivity index (χ2n) is 5.78. The van der Waals surface area contributed by atoms with E-state index < -0.39 is 5.60 Å². The average molecular weight is 330 g/mol. The molecule has 4 heteroatoms. The van der Waals surface area contributed by atoms with Gasteiger partial charge in [-0.15, -0.1) is 0 Å². The number of nitrogens with one attached hydrogen (secondary N) is 1. The minimum Gasteiger partial charge on any atom is -0.389 e. The summed E-state index contributed by atoms with van der Waals surface area (Å²) in [6, 6.07) is 5.00. The minimum absolute atomic E-state index is 0.247. The number of hydrogen-bond donors (Lipinski definition) is 2. The molecule has 0 aromatic heterocycles. The predicted octanol–water partition coefficient (Wildman–Crippen LogP) is 3.62. The van der Waals surface area contributed by atoms with E-state index in [4.69, 9.17) is 0 Å². The van der Waals surface area contributed by atoms with Gasteiger partial charge in [-0.2, -0.15) is 0 Å². The molecule has 1 saturated carbocycles. The Labute approximate surface area is 122 Å². The fourth-order valence-corrected chi connectivity index (χ4v) is 3.31. The Kier molecular flexibility index (Phi) is 4.98. The molecule has 2 unspecified atom stereocenters. The lowest BCUT2D eigenvalue weighted by Gasteiger charge is -2.35. The van der Waals surface area contributed by atoms with Crippen LogP contribution in [0.1, 0.15) is 38.2 Å². The van der Waals surface area contributed by atoms with Gasteiger partial charge in [0.25, 0.3) is 0 Å². The fourth-order valence-electron chi connectivity index (χ4n) is 2.88. The number of rotatable bonds is 4. The van der Waals surface area contributed by atoms with Crippen molar-refractivity contribution in [1.82, 2.24) is 5.32 Å². The highest BCUT2D eigenvalue weighted by atomic mass is 79.9. The molecule has 1 fully saturated rings. The topological polar surface area (TPSA) is 32.3 Å². The zero-order chi connectivity index (χ0) is 13.9. The van der Waals surface area contributed by atoms with Crippen LogP contribution in [-0.2, 0) is 6.54 Å². The molecule has 1 aromatic carbocycles. The van der Waals surface area contributed by atoms with Gasteiger partial charge in [-0.1, -0.05) is 25.8 Å². The molecule has 19 heavy (non-hydrogen) atoms. The van der Waals surface area contributed by atoms with Crippen LogP contribution >= 0.6 is 15.9 Å². The maximum absolute atomic E-state index is 13.1. The third-order valence-corrected chi connectivity index (χ3v) is 4.44. The highest BCUT2D eigenvalue weighted by molar-refractivity contribution is 9.10. The van der Waals surface area contributed by atoms with Crippen molar-refractivity contribution in [3.63, 3.8) is 0 Å².